The first-order chi connectivity index (χ1) is 6.29. The highest BCUT2D eigenvalue weighted by atomic mass is 16.3. The first-order valence-electron chi connectivity index (χ1n) is 3.84. The van der Waals surface area contributed by atoms with Crippen molar-refractivity contribution in [3.05, 3.63) is 24.0 Å². The fourth-order valence-electron chi connectivity index (χ4n) is 1.21. The Morgan fingerprint density at radius 1 is 1.54 bits per heavy atom. The number of rotatable bonds is 1. The van der Waals surface area contributed by atoms with E-state index in [-0.39, 0.29) is 12.2 Å². The molecule has 0 spiro atoms. The Bertz CT molecular complexity index is 481. The zero-order valence-corrected chi connectivity index (χ0v) is 6.78. The van der Waals surface area contributed by atoms with Crippen LogP contribution in [0.1, 0.15) is 5.82 Å². The van der Waals surface area contributed by atoms with Gasteiger partial charge >= 0.3 is 0 Å². The lowest BCUT2D eigenvalue weighted by atomic mass is 10.3. The van der Waals surface area contributed by atoms with Gasteiger partial charge in [0, 0.05) is 6.07 Å². The van der Waals surface area contributed by atoms with Crippen molar-refractivity contribution in [2.24, 2.45) is 0 Å². The van der Waals surface area contributed by atoms with Gasteiger partial charge < -0.3 is 10.1 Å². The molecular formula is C9H7N3O. The van der Waals surface area contributed by atoms with E-state index < -0.39 is 0 Å². The maximum Gasteiger partial charge on any atom is 0.121 e. The number of nitrogens with one attached hydrogen (secondary N) is 1. The average molecular weight is 173 g/mol. The van der Waals surface area contributed by atoms with Gasteiger partial charge in [-0.3, -0.25) is 0 Å². The summed E-state index contributed by atoms with van der Waals surface area (Å²) in [6.45, 7) is 0. The maximum absolute atomic E-state index is 9.16. The van der Waals surface area contributed by atoms with Crippen molar-refractivity contribution in [2.45, 2.75) is 6.42 Å². The smallest absolute Gasteiger partial charge is 0.121 e. The minimum absolute atomic E-state index is 0.194. The molecule has 0 aliphatic rings. The van der Waals surface area contributed by atoms with Crippen molar-refractivity contribution in [2.75, 3.05) is 0 Å². The Hall–Kier alpha value is -2.02. The van der Waals surface area contributed by atoms with Crippen LogP contribution in [-0.2, 0) is 6.42 Å². The van der Waals surface area contributed by atoms with Crippen LogP contribution in [0.4, 0.5) is 0 Å². The summed E-state index contributed by atoms with van der Waals surface area (Å²) in [4.78, 5) is 7.10. The quantitative estimate of drug-likeness (QED) is 0.683. The molecule has 2 aromatic rings. The number of hydrogen-bond donors (Lipinski definition) is 2. The number of H-pyrrole nitrogens is 1. The van der Waals surface area contributed by atoms with E-state index in [1.54, 1.807) is 18.2 Å². The molecule has 0 unspecified atom stereocenters. The topological polar surface area (TPSA) is 72.7 Å². The number of hydrogen-bond acceptors (Lipinski definition) is 3. The molecule has 0 fully saturated rings. The van der Waals surface area contributed by atoms with E-state index in [0.717, 1.165) is 11.0 Å². The predicted molar refractivity (Wildman–Crippen MR) is 47.1 cm³/mol. The molecule has 0 saturated heterocycles. The molecule has 13 heavy (non-hydrogen) atoms. The molecule has 4 heteroatoms. The number of nitriles is 1. The molecular weight excluding hydrogens is 166 g/mol. The van der Waals surface area contributed by atoms with E-state index in [1.165, 1.54) is 0 Å². The summed E-state index contributed by atoms with van der Waals surface area (Å²) in [5.41, 5.74) is 1.52. The van der Waals surface area contributed by atoms with Gasteiger partial charge in [0.2, 0.25) is 0 Å². The summed E-state index contributed by atoms with van der Waals surface area (Å²) < 4.78 is 0. The largest absolute Gasteiger partial charge is 0.508 e. The molecule has 4 nitrogen and oxygen atoms in total. The van der Waals surface area contributed by atoms with Gasteiger partial charge in [-0.05, 0) is 12.1 Å². The summed E-state index contributed by atoms with van der Waals surface area (Å²) in [5, 5.41) is 17.6. The highest BCUT2D eigenvalue weighted by molar-refractivity contribution is 5.76. The lowest BCUT2D eigenvalue weighted by Crippen LogP contribution is -1.81. The zero-order valence-electron chi connectivity index (χ0n) is 6.78. The number of benzene rings is 1. The van der Waals surface area contributed by atoms with E-state index in [2.05, 4.69) is 9.97 Å². The number of aromatic nitrogens is 2. The molecule has 0 aliphatic heterocycles. The Morgan fingerprint density at radius 2 is 2.38 bits per heavy atom. The Kier molecular flexibility index (Phi) is 1.64. The Morgan fingerprint density at radius 3 is 3.15 bits per heavy atom. The number of phenolic OH excluding ortho intramolecular Hbond substituents is 1. The van der Waals surface area contributed by atoms with Gasteiger partial charge in [0.15, 0.2) is 0 Å². The van der Waals surface area contributed by atoms with Gasteiger partial charge in [-0.15, -0.1) is 0 Å². The van der Waals surface area contributed by atoms with Crippen LogP contribution >= 0.6 is 0 Å². The van der Waals surface area contributed by atoms with Crippen molar-refractivity contribution >= 4 is 11.0 Å². The SMILES string of the molecule is N#CCc1nc2ccc(O)cc2[nH]1. The van der Waals surface area contributed by atoms with Crippen LogP contribution in [0, 0.1) is 11.3 Å². The van der Waals surface area contributed by atoms with Crippen LogP contribution in [0.25, 0.3) is 11.0 Å². The van der Waals surface area contributed by atoms with Crippen molar-refractivity contribution in [3.63, 3.8) is 0 Å². The molecule has 0 radical (unpaired) electrons. The molecule has 1 aromatic heterocycles. The van der Waals surface area contributed by atoms with Crippen LogP contribution in [-0.4, -0.2) is 15.1 Å². The average Bonchev–Trinajstić information content (AvgIpc) is 2.46. The number of nitrogens with zero attached hydrogens (tertiary/aromatic N) is 2. The minimum atomic E-state index is 0.194. The molecule has 2 N–H and O–H groups in total. The number of fused-ring (bicyclic) bond motifs is 1. The standard InChI is InChI=1S/C9H7N3O/c10-4-3-9-11-7-2-1-6(13)5-8(7)12-9/h1-2,5,13H,3H2,(H,11,12). The Labute approximate surface area is 74.5 Å². The minimum Gasteiger partial charge on any atom is -0.508 e. The highest BCUT2D eigenvalue weighted by Crippen LogP contribution is 2.17. The molecule has 0 bridgehead atoms. The monoisotopic (exact) mass is 173 g/mol. The van der Waals surface area contributed by atoms with Gasteiger partial charge in [0.25, 0.3) is 0 Å². The Balaban J connectivity index is 2.57. The second-order valence-electron chi connectivity index (χ2n) is 2.72. The molecule has 0 amide bonds. The number of phenols is 1. The lowest BCUT2D eigenvalue weighted by Gasteiger charge is -1.88. The van der Waals surface area contributed by atoms with Gasteiger partial charge in [-0.1, -0.05) is 0 Å². The second kappa shape index (κ2) is 2.79. The van der Waals surface area contributed by atoms with Crippen molar-refractivity contribution in [1.82, 2.24) is 9.97 Å². The predicted octanol–water partition coefficient (Wildman–Crippen LogP) is 1.33. The second-order valence-corrected chi connectivity index (χ2v) is 2.72. The highest BCUT2D eigenvalue weighted by Gasteiger charge is 2.01. The van der Waals surface area contributed by atoms with Crippen LogP contribution in [0.2, 0.25) is 0 Å². The van der Waals surface area contributed by atoms with Gasteiger partial charge in [0.1, 0.15) is 11.6 Å². The van der Waals surface area contributed by atoms with Gasteiger partial charge in [0.05, 0.1) is 23.5 Å². The van der Waals surface area contributed by atoms with E-state index in [1.807, 2.05) is 6.07 Å². The van der Waals surface area contributed by atoms with Crippen LogP contribution in [0.3, 0.4) is 0 Å². The van der Waals surface area contributed by atoms with E-state index in [9.17, 15) is 0 Å². The zero-order chi connectivity index (χ0) is 9.26. The number of aromatic hydroxyl groups is 1. The van der Waals surface area contributed by atoms with Crippen molar-refractivity contribution < 1.29 is 5.11 Å². The summed E-state index contributed by atoms with van der Waals surface area (Å²) in [7, 11) is 0. The molecule has 1 aromatic carbocycles. The first-order valence-corrected chi connectivity index (χ1v) is 3.84. The molecule has 64 valence electrons. The molecule has 0 atom stereocenters. The summed E-state index contributed by atoms with van der Waals surface area (Å²) in [6.07, 6.45) is 0.259. The summed E-state index contributed by atoms with van der Waals surface area (Å²) >= 11 is 0. The molecule has 0 saturated carbocycles. The molecule has 2 rings (SSSR count). The summed E-state index contributed by atoms with van der Waals surface area (Å²) in [6, 6.07) is 6.87. The summed E-state index contributed by atoms with van der Waals surface area (Å²) in [5.74, 6) is 0.822. The van der Waals surface area contributed by atoms with E-state index >= 15 is 0 Å². The third kappa shape index (κ3) is 1.32. The molecule has 1 heterocycles. The van der Waals surface area contributed by atoms with Crippen LogP contribution in [0.5, 0.6) is 5.75 Å². The maximum atomic E-state index is 9.16. The first kappa shape index (κ1) is 7.62. The van der Waals surface area contributed by atoms with Gasteiger partial charge in [-0.25, -0.2) is 4.98 Å². The van der Waals surface area contributed by atoms with E-state index in [0.29, 0.717) is 5.82 Å². The third-order valence-electron chi connectivity index (χ3n) is 1.76. The number of imidazole rings is 1. The van der Waals surface area contributed by atoms with Crippen LogP contribution < -0.4 is 0 Å². The van der Waals surface area contributed by atoms with Gasteiger partial charge in [-0.2, -0.15) is 5.26 Å². The lowest BCUT2D eigenvalue weighted by molar-refractivity contribution is 0.476. The fourth-order valence-corrected chi connectivity index (χ4v) is 1.21. The van der Waals surface area contributed by atoms with Crippen molar-refractivity contribution in [1.29, 1.82) is 5.26 Å². The number of aromatic amines is 1. The fraction of sp³-hybridized carbons (Fsp3) is 0.111. The third-order valence-corrected chi connectivity index (χ3v) is 1.76. The van der Waals surface area contributed by atoms with Crippen LogP contribution in [0.15, 0.2) is 18.2 Å². The van der Waals surface area contributed by atoms with E-state index in [4.69, 9.17) is 10.4 Å². The normalized spacial score (nSPS) is 10.1. The molecule has 0 aliphatic carbocycles. The van der Waals surface area contributed by atoms with Crippen molar-refractivity contribution in [3.8, 4) is 11.8 Å².